The Balaban J connectivity index is 2.63. The third-order valence-electron chi connectivity index (χ3n) is 3.59. The number of rotatable bonds is 8. The summed E-state index contributed by atoms with van der Waals surface area (Å²) >= 11 is 3.66. The number of ether oxygens (including phenoxy) is 1. The van der Waals surface area contributed by atoms with Gasteiger partial charge in [-0.05, 0) is 49.0 Å². The maximum absolute atomic E-state index is 5.07. The summed E-state index contributed by atoms with van der Waals surface area (Å²) in [6, 6.07) is 0.461. The van der Waals surface area contributed by atoms with Gasteiger partial charge in [-0.15, -0.1) is 0 Å². The number of nitrogens with zero attached hydrogens (tertiary/aromatic N) is 2. The Morgan fingerprint density at radius 3 is 2.68 bits per heavy atom. The second-order valence-electron chi connectivity index (χ2n) is 5.08. The number of aromatic nitrogens is 2. The van der Waals surface area contributed by atoms with Gasteiger partial charge < -0.3 is 10.1 Å². The van der Waals surface area contributed by atoms with Gasteiger partial charge in [0.15, 0.2) is 0 Å². The lowest BCUT2D eigenvalue weighted by molar-refractivity contribution is 0.192. The third-order valence-corrected chi connectivity index (χ3v) is 4.63. The highest BCUT2D eigenvalue weighted by Gasteiger charge is 2.18. The summed E-state index contributed by atoms with van der Waals surface area (Å²) in [6.45, 7) is 11.3. The van der Waals surface area contributed by atoms with Crippen molar-refractivity contribution in [3.05, 3.63) is 15.9 Å². The lowest BCUT2D eigenvalue weighted by atomic mass is 9.97. The van der Waals surface area contributed by atoms with Gasteiger partial charge in [-0.25, -0.2) is 0 Å². The van der Waals surface area contributed by atoms with E-state index in [4.69, 9.17) is 4.74 Å². The maximum Gasteiger partial charge on any atom is 0.0738 e. The molecule has 5 heteroatoms. The van der Waals surface area contributed by atoms with Crippen molar-refractivity contribution in [3.63, 3.8) is 0 Å². The Morgan fingerprint density at radius 2 is 2.11 bits per heavy atom. The molecule has 0 amide bonds. The van der Waals surface area contributed by atoms with E-state index in [0.29, 0.717) is 12.0 Å². The summed E-state index contributed by atoms with van der Waals surface area (Å²) in [5.74, 6) is 0.551. The number of hydrogen-bond acceptors (Lipinski definition) is 3. The minimum atomic E-state index is 0.461. The van der Waals surface area contributed by atoms with Crippen molar-refractivity contribution in [1.29, 1.82) is 0 Å². The molecule has 0 saturated heterocycles. The van der Waals surface area contributed by atoms with Gasteiger partial charge in [0, 0.05) is 26.2 Å². The first-order valence-electron chi connectivity index (χ1n) is 6.95. The Labute approximate surface area is 125 Å². The van der Waals surface area contributed by atoms with E-state index in [2.05, 4.69) is 51.8 Å². The fourth-order valence-electron chi connectivity index (χ4n) is 2.14. The summed E-state index contributed by atoms with van der Waals surface area (Å²) in [4.78, 5) is 0. The molecular formula is C14H26BrN3O. The fraction of sp³-hybridized carbons (Fsp3) is 0.786. The summed E-state index contributed by atoms with van der Waals surface area (Å²) in [5, 5.41) is 8.04. The molecule has 19 heavy (non-hydrogen) atoms. The quantitative estimate of drug-likeness (QED) is 0.744. The minimum Gasteiger partial charge on any atom is -0.383 e. The summed E-state index contributed by atoms with van der Waals surface area (Å²) in [5.41, 5.74) is 2.37. The van der Waals surface area contributed by atoms with Crippen molar-refractivity contribution in [2.45, 2.75) is 46.7 Å². The number of aryl methyl sites for hydroxylation is 2. The first-order chi connectivity index (χ1) is 9.01. The molecule has 4 nitrogen and oxygen atoms in total. The average Bonchev–Trinajstić information content (AvgIpc) is 2.66. The summed E-state index contributed by atoms with van der Waals surface area (Å²) in [6.07, 6.45) is 1.02. The zero-order valence-electron chi connectivity index (χ0n) is 12.7. The van der Waals surface area contributed by atoms with E-state index in [1.54, 1.807) is 7.11 Å². The molecule has 1 N–H and O–H groups in total. The Bertz CT molecular complexity index is 392. The third kappa shape index (κ3) is 4.58. The van der Waals surface area contributed by atoms with Crippen molar-refractivity contribution >= 4 is 15.9 Å². The number of hydrogen-bond donors (Lipinski definition) is 1. The van der Waals surface area contributed by atoms with Crippen molar-refractivity contribution < 1.29 is 4.74 Å². The average molecular weight is 332 g/mol. The van der Waals surface area contributed by atoms with Gasteiger partial charge in [-0.3, -0.25) is 4.68 Å². The molecule has 1 heterocycles. The predicted octanol–water partition coefficient (Wildman–Crippen LogP) is 2.78. The Morgan fingerprint density at radius 1 is 1.42 bits per heavy atom. The van der Waals surface area contributed by atoms with E-state index in [1.807, 2.05) is 6.92 Å². The van der Waals surface area contributed by atoms with Crippen LogP contribution in [-0.4, -0.2) is 36.1 Å². The van der Waals surface area contributed by atoms with Gasteiger partial charge >= 0.3 is 0 Å². The highest BCUT2D eigenvalue weighted by Crippen LogP contribution is 2.24. The van der Waals surface area contributed by atoms with Crippen molar-refractivity contribution in [3.8, 4) is 0 Å². The molecule has 2 atom stereocenters. The zero-order valence-corrected chi connectivity index (χ0v) is 14.2. The predicted molar refractivity (Wildman–Crippen MR) is 82.5 cm³/mol. The van der Waals surface area contributed by atoms with E-state index < -0.39 is 0 Å². The maximum atomic E-state index is 5.07. The normalized spacial score (nSPS) is 14.6. The monoisotopic (exact) mass is 331 g/mol. The van der Waals surface area contributed by atoms with Crippen LogP contribution in [0.25, 0.3) is 0 Å². The minimum absolute atomic E-state index is 0.461. The van der Waals surface area contributed by atoms with Crippen LogP contribution in [0.2, 0.25) is 0 Å². The van der Waals surface area contributed by atoms with E-state index >= 15 is 0 Å². The first kappa shape index (κ1) is 16.7. The highest BCUT2D eigenvalue weighted by atomic mass is 79.9. The molecule has 1 aromatic heterocycles. The van der Waals surface area contributed by atoms with Gasteiger partial charge in [0.25, 0.3) is 0 Å². The van der Waals surface area contributed by atoms with Gasteiger partial charge in [0.1, 0.15) is 0 Å². The SMILES string of the molecule is CCn1nc(C)c(Br)c1CC(C)C(C)NCCOC. The molecule has 0 saturated carbocycles. The molecule has 1 rings (SSSR count). The molecule has 0 aliphatic heterocycles. The van der Waals surface area contributed by atoms with Crippen molar-refractivity contribution in [2.24, 2.45) is 5.92 Å². The van der Waals surface area contributed by atoms with Crippen LogP contribution < -0.4 is 5.32 Å². The van der Waals surface area contributed by atoms with Crippen LogP contribution in [0.15, 0.2) is 4.47 Å². The molecule has 0 aliphatic carbocycles. The summed E-state index contributed by atoms with van der Waals surface area (Å²) < 4.78 is 8.32. The van der Waals surface area contributed by atoms with E-state index in [9.17, 15) is 0 Å². The first-order valence-corrected chi connectivity index (χ1v) is 7.74. The molecule has 0 bridgehead atoms. The second kappa shape index (κ2) is 8.02. The molecule has 2 unspecified atom stereocenters. The topological polar surface area (TPSA) is 39.1 Å². The van der Waals surface area contributed by atoms with Gasteiger partial charge in [-0.1, -0.05) is 6.92 Å². The van der Waals surface area contributed by atoms with Crippen LogP contribution >= 0.6 is 15.9 Å². The molecule has 0 fully saturated rings. The van der Waals surface area contributed by atoms with Crippen LogP contribution in [0.4, 0.5) is 0 Å². The molecule has 0 radical (unpaired) electrons. The smallest absolute Gasteiger partial charge is 0.0738 e. The van der Waals surface area contributed by atoms with Gasteiger partial charge in [0.05, 0.1) is 22.5 Å². The molecule has 1 aromatic rings. The van der Waals surface area contributed by atoms with E-state index in [0.717, 1.165) is 36.3 Å². The number of methoxy groups -OCH3 is 1. The zero-order chi connectivity index (χ0) is 14.4. The standard InChI is InChI=1S/C14H26BrN3O/c1-6-18-13(14(15)12(4)17-18)9-10(2)11(3)16-7-8-19-5/h10-11,16H,6-9H2,1-5H3. The highest BCUT2D eigenvalue weighted by molar-refractivity contribution is 9.10. The molecular weight excluding hydrogens is 306 g/mol. The van der Waals surface area contributed by atoms with Crippen LogP contribution in [0.1, 0.15) is 32.2 Å². The van der Waals surface area contributed by atoms with Crippen LogP contribution in [0, 0.1) is 12.8 Å². The molecule has 110 valence electrons. The lowest BCUT2D eigenvalue weighted by Gasteiger charge is -2.21. The lowest BCUT2D eigenvalue weighted by Crippen LogP contribution is -2.35. The van der Waals surface area contributed by atoms with Crippen molar-refractivity contribution in [1.82, 2.24) is 15.1 Å². The second-order valence-corrected chi connectivity index (χ2v) is 5.87. The van der Waals surface area contributed by atoms with Gasteiger partial charge in [-0.2, -0.15) is 5.10 Å². The summed E-state index contributed by atoms with van der Waals surface area (Å²) in [7, 11) is 1.73. The molecule has 0 aliphatic rings. The molecule has 0 aromatic carbocycles. The Kier molecular flexibility index (Phi) is 7.04. The largest absolute Gasteiger partial charge is 0.383 e. The number of halogens is 1. The molecule has 0 spiro atoms. The van der Waals surface area contributed by atoms with Crippen LogP contribution in [0.5, 0.6) is 0 Å². The Hall–Kier alpha value is -0.390. The van der Waals surface area contributed by atoms with Gasteiger partial charge in [0.2, 0.25) is 0 Å². The number of nitrogens with one attached hydrogen (secondary N) is 1. The fourth-order valence-corrected chi connectivity index (χ4v) is 2.58. The van der Waals surface area contributed by atoms with Crippen LogP contribution in [-0.2, 0) is 17.7 Å². The van der Waals surface area contributed by atoms with E-state index in [-0.39, 0.29) is 0 Å². The van der Waals surface area contributed by atoms with Crippen molar-refractivity contribution in [2.75, 3.05) is 20.3 Å². The van der Waals surface area contributed by atoms with Crippen LogP contribution in [0.3, 0.4) is 0 Å². The van der Waals surface area contributed by atoms with E-state index in [1.165, 1.54) is 5.69 Å².